The van der Waals surface area contributed by atoms with Gasteiger partial charge in [-0.15, -0.1) is 0 Å². The number of aliphatic hydroxyl groups is 1. The van der Waals surface area contributed by atoms with Crippen molar-refractivity contribution in [3.05, 3.63) is 46.5 Å². The van der Waals surface area contributed by atoms with E-state index >= 15 is 0 Å². The third kappa shape index (κ3) is 2.05. The van der Waals surface area contributed by atoms with Crippen molar-refractivity contribution >= 4 is 15.9 Å². The van der Waals surface area contributed by atoms with Crippen LogP contribution in [-0.2, 0) is 0 Å². The van der Waals surface area contributed by atoms with Gasteiger partial charge >= 0.3 is 0 Å². The Morgan fingerprint density at radius 2 is 2.20 bits per heavy atom. The lowest BCUT2D eigenvalue weighted by Gasteiger charge is -2.30. The molecule has 1 fully saturated rings. The third-order valence-electron chi connectivity index (χ3n) is 4.00. The van der Waals surface area contributed by atoms with Gasteiger partial charge in [-0.05, 0) is 31.0 Å². The highest BCUT2D eigenvalue weighted by atomic mass is 79.9. The Labute approximate surface area is 125 Å². The molecule has 2 unspecified atom stereocenters. The second-order valence-corrected chi connectivity index (χ2v) is 6.41. The van der Waals surface area contributed by atoms with Crippen LogP contribution in [0.1, 0.15) is 48.8 Å². The lowest BCUT2D eigenvalue weighted by Crippen LogP contribution is -2.21. The number of halogens is 1. The van der Waals surface area contributed by atoms with Crippen molar-refractivity contribution in [3.8, 4) is 5.75 Å². The molecule has 1 N–H and O–H groups in total. The van der Waals surface area contributed by atoms with Crippen LogP contribution in [0.3, 0.4) is 0 Å². The summed E-state index contributed by atoms with van der Waals surface area (Å²) in [6.07, 6.45) is 6.11. The van der Waals surface area contributed by atoms with Crippen LogP contribution in [0.2, 0.25) is 0 Å². The molecule has 0 bridgehead atoms. The summed E-state index contributed by atoms with van der Waals surface area (Å²) in [4.78, 5) is 4.25. The first-order valence-corrected chi connectivity index (χ1v) is 7.67. The van der Waals surface area contributed by atoms with Crippen LogP contribution in [-0.4, -0.2) is 14.7 Å². The van der Waals surface area contributed by atoms with Crippen LogP contribution < -0.4 is 4.74 Å². The zero-order valence-electron chi connectivity index (χ0n) is 10.9. The molecule has 0 spiro atoms. The zero-order valence-corrected chi connectivity index (χ0v) is 12.5. The summed E-state index contributed by atoms with van der Waals surface area (Å²) in [6.45, 7) is 0. The van der Waals surface area contributed by atoms with Crippen molar-refractivity contribution in [1.29, 1.82) is 0 Å². The van der Waals surface area contributed by atoms with Gasteiger partial charge in [0.2, 0.25) is 0 Å². The Morgan fingerprint density at radius 1 is 1.35 bits per heavy atom. The second-order valence-electron chi connectivity index (χ2n) is 5.50. The molecular formula is C15H15BrN2O2. The van der Waals surface area contributed by atoms with Crippen molar-refractivity contribution in [2.75, 3.05) is 0 Å². The molecule has 1 saturated carbocycles. The standard InChI is InChI=1S/C15H15BrN2O2/c16-9-1-4-14-11(5-9)13(19)6-15(20-14)12-7-17-8-18(12)10-2-3-10/h1,4-5,7-8,10,13,15,19H,2-3,6H2. The predicted molar refractivity (Wildman–Crippen MR) is 77.6 cm³/mol. The van der Waals surface area contributed by atoms with Gasteiger partial charge in [0.05, 0.1) is 24.3 Å². The maximum atomic E-state index is 10.4. The van der Waals surface area contributed by atoms with Crippen LogP contribution >= 0.6 is 15.9 Å². The van der Waals surface area contributed by atoms with E-state index in [1.807, 2.05) is 30.7 Å². The number of nitrogens with zero attached hydrogens (tertiary/aromatic N) is 2. The molecule has 0 radical (unpaired) electrons. The van der Waals surface area contributed by atoms with E-state index in [1.165, 1.54) is 12.8 Å². The van der Waals surface area contributed by atoms with Gasteiger partial charge in [-0.1, -0.05) is 15.9 Å². The van der Waals surface area contributed by atoms with Gasteiger partial charge < -0.3 is 14.4 Å². The minimum Gasteiger partial charge on any atom is -0.484 e. The molecule has 1 aromatic carbocycles. The first-order valence-electron chi connectivity index (χ1n) is 6.88. The van der Waals surface area contributed by atoms with Crippen LogP contribution in [0.5, 0.6) is 5.75 Å². The number of aromatic nitrogens is 2. The number of benzene rings is 1. The Hall–Kier alpha value is -1.33. The van der Waals surface area contributed by atoms with Crippen LogP contribution in [0.4, 0.5) is 0 Å². The van der Waals surface area contributed by atoms with Gasteiger partial charge in [-0.2, -0.15) is 0 Å². The quantitative estimate of drug-likeness (QED) is 0.913. The number of hydrogen-bond donors (Lipinski definition) is 1. The summed E-state index contributed by atoms with van der Waals surface area (Å²) < 4.78 is 9.23. The highest BCUT2D eigenvalue weighted by Crippen LogP contribution is 2.44. The van der Waals surface area contributed by atoms with E-state index in [2.05, 4.69) is 25.5 Å². The SMILES string of the molecule is OC1CC(c2cncn2C2CC2)Oc2ccc(Br)cc21. The Bertz CT molecular complexity index is 651. The van der Waals surface area contributed by atoms with Gasteiger partial charge in [0.1, 0.15) is 11.9 Å². The van der Waals surface area contributed by atoms with Gasteiger partial charge in [-0.25, -0.2) is 4.98 Å². The molecule has 2 aromatic rings. The molecule has 4 rings (SSSR count). The molecule has 1 aliphatic heterocycles. The average molecular weight is 335 g/mol. The number of fused-ring (bicyclic) bond motifs is 1. The second kappa shape index (κ2) is 4.60. The molecular weight excluding hydrogens is 320 g/mol. The Kier molecular flexibility index (Phi) is 2.86. The number of hydrogen-bond acceptors (Lipinski definition) is 3. The summed E-state index contributed by atoms with van der Waals surface area (Å²) in [7, 11) is 0. The Morgan fingerprint density at radius 3 is 3.00 bits per heavy atom. The molecule has 0 saturated heterocycles. The zero-order chi connectivity index (χ0) is 13.7. The molecule has 2 heterocycles. The molecule has 5 heteroatoms. The first kappa shape index (κ1) is 12.4. The molecule has 2 atom stereocenters. The lowest BCUT2D eigenvalue weighted by molar-refractivity contribution is 0.0617. The topological polar surface area (TPSA) is 47.3 Å². The maximum absolute atomic E-state index is 10.4. The van der Waals surface area contributed by atoms with E-state index < -0.39 is 6.10 Å². The molecule has 104 valence electrons. The summed E-state index contributed by atoms with van der Waals surface area (Å²) >= 11 is 3.43. The number of aliphatic hydroxyl groups excluding tert-OH is 1. The fraction of sp³-hybridized carbons (Fsp3) is 0.400. The number of rotatable bonds is 2. The third-order valence-corrected chi connectivity index (χ3v) is 4.50. The summed E-state index contributed by atoms with van der Waals surface area (Å²) in [5, 5.41) is 10.4. The first-order chi connectivity index (χ1) is 9.72. The largest absolute Gasteiger partial charge is 0.484 e. The highest BCUT2D eigenvalue weighted by molar-refractivity contribution is 9.10. The van der Waals surface area contributed by atoms with Crippen molar-refractivity contribution in [3.63, 3.8) is 0 Å². The lowest BCUT2D eigenvalue weighted by atomic mass is 9.97. The van der Waals surface area contributed by atoms with Crippen LogP contribution in [0, 0.1) is 0 Å². The van der Waals surface area contributed by atoms with Crippen LogP contribution in [0.25, 0.3) is 0 Å². The van der Waals surface area contributed by atoms with E-state index in [0.29, 0.717) is 12.5 Å². The van der Waals surface area contributed by atoms with Gasteiger partial charge in [0, 0.05) is 22.5 Å². The van der Waals surface area contributed by atoms with E-state index in [1.54, 1.807) is 0 Å². The minimum absolute atomic E-state index is 0.123. The molecule has 20 heavy (non-hydrogen) atoms. The fourth-order valence-electron chi connectivity index (χ4n) is 2.82. The minimum atomic E-state index is -0.496. The predicted octanol–water partition coefficient (Wildman–Crippen LogP) is 3.54. The maximum Gasteiger partial charge on any atom is 0.143 e. The van der Waals surface area contributed by atoms with Crippen LogP contribution in [0.15, 0.2) is 35.2 Å². The normalized spacial score (nSPS) is 25.1. The number of ether oxygens (including phenoxy) is 1. The van der Waals surface area contributed by atoms with Gasteiger partial charge in [-0.3, -0.25) is 0 Å². The van der Waals surface area contributed by atoms with E-state index in [9.17, 15) is 5.11 Å². The average Bonchev–Trinajstić information content (AvgIpc) is 3.17. The number of imidazole rings is 1. The molecule has 4 nitrogen and oxygen atoms in total. The molecule has 1 aliphatic carbocycles. The fourth-order valence-corrected chi connectivity index (χ4v) is 3.20. The van der Waals surface area contributed by atoms with Gasteiger partial charge in [0.15, 0.2) is 0 Å². The molecule has 2 aliphatic rings. The van der Waals surface area contributed by atoms with Crippen molar-refractivity contribution in [2.24, 2.45) is 0 Å². The smallest absolute Gasteiger partial charge is 0.143 e. The Balaban J connectivity index is 1.68. The van der Waals surface area contributed by atoms with Gasteiger partial charge in [0.25, 0.3) is 0 Å². The van der Waals surface area contributed by atoms with Crippen molar-refractivity contribution in [2.45, 2.75) is 37.5 Å². The van der Waals surface area contributed by atoms with Crippen molar-refractivity contribution in [1.82, 2.24) is 9.55 Å². The highest BCUT2D eigenvalue weighted by Gasteiger charge is 2.33. The summed E-state index contributed by atoms with van der Waals surface area (Å²) in [6, 6.07) is 6.34. The summed E-state index contributed by atoms with van der Waals surface area (Å²) in [5.41, 5.74) is 1.92. The van der Waals surface area contributed by atoms with E-state index in [-0.39, 0.29) is 6.10 Å². The molecule has 0 amide bonds. The van der Waals surface area contributed by atoms with Crippen molar-refractivity contribution < 1.29 is 9.84 Å². The van der Waals surface area contributed by atoms with E-state index in [4.69, 9.17) is 4.74 Å². The summed E-state index contributed by atoms with van der Waals surface area (Å²) in [5.74, 6) is 0.764. The monoisotopic (exact) mass is 334 g/mol. The van der Waals surface area contributed by atoms with E-state index in [0.717, 1.165) is 21.5 Å². The molecule has 1 aromatic heterocycles.